The van der Waals surface area contributed by atoms with Crippen molar-refractivity contribution in [3.63, 3.8) is 0 Å². The van der Waals surface area contributed by atoms with E-state index in [1.807, 2.05) is 0 Å². The van der Waals surface area contributed by atoms with Crippen LogP contribution in [0.3, 0.4) is 0 Å². The van der Waals surface area contributed by atoms with Crippen molar-refractivity contribution in [3.8, 4) is 5.75 Å². The fourth-order valence-corrected chi connectivity index (χ4v) is 6.54. The smallest absolute Gasteiger partial charge is 0.416 e. The summed E-state index contributed by atoms with van der Waals surface area (Å²) in [5, 5.41) is 16.5. The van der Waals surface area contributed by atoms with Crippen LogP contribution in [0.25, 0.3) is 5.78 Å². The number of hydrogen-bond donors (Lipinski definition) is 2. The molecule has 2 amide bonds. The molecule has 0 radical (unpaired) electrons. The van der Waals surface area contributed by atoms with Crippen molar-refractivity contribution in [3.05, 3.63) is 86.6 Å². The maximum Gasteiger partial charge on any atom is 0.416 e. The molecule has 1 fully saturated rings. The number of carbonyl (C=O) groups is 2. The van der Waals surface area contributed by atoms with Gasteiger partial charge in [-0.05, 0) is 71.9 Å². The van der Waals surface area contributed by atoms with Crippen LogP contribution in [0.2, 0.25) is 5.02 Å². The maximum absolute atomic E-state index is 13.8. The van der Waals surface area contributed by atoms with E-state index in [0.29, 0.717) is 50.0 Å². The summed E-state index contributed by atoms with van der Waals surface area (Å²) >= 11 is 9.23. The zero-order valence-corrected chi connectivity index (χ0v) is 28.2. The second-order valence-electron chi connectivity index (χ2n) is 10.5. The Hall–Kier alpha value is -4.98. The van der Waals surface area contributed by atoms with Gasteiger partial charge in [0.05, 0.1) is 16.3 Å². The summed E-state index contributed by atoms with van der Waals surface area (Å²) in [4.78, 5) is 49.9. The molecule has 0 saturated carbocycles. The number of aromatic hydroxyl groups is 1. The van der Waals surface area contributed by atoms with Crippen LogP contribution in [-0.4, -0.2) is 59.1 Å². The Bertz CT molecular complexity index is 1860. The molecule has 45 heavy (non-hydrogen) atoms. The Morgan fingerprint density at radius 1 is 1.16 bits per heavy atom. The molecule has 0 unspecified atom stereocenters. The van der Waals surface area contributed by atoms with E-state index in [1.165, 1.54) is 18.3 Å². The summed E-state index contributed by atoms with van der Waals surface area (Å²) in [7, 11) is 0. The van der Waals surface area contributed by atoms with Crippen LogP contribution >= 0.6 is 27.5 Å². The topological polar surface area (TPSA) is 135 Å². The molecule has 2 aliphatic rings. The van der Waals surface area contributed by atoms with Gasteiger partial charge in [-0.2, -0.15) is 22.7 Å². The molecule has 6 rings (SSSR count). The van der Waals surface area contributed by atoms with Crippen molar-refractivity contribution in [2.24, 2.45) is 0 Å². The second kappa shape index (κ2) is 11.8. The van der Waals surface area contributed by atoms with Gasteiger partial charge in [-0.25, -0.2) is 4.98 Å². The molecule has 1 spiro atoms. The first-order valence-corrected chi connectivity index (χ1v) is 14.3. The van der Waals surface area contributed by atoms with Gasteiger partial charge in [-0.3, -0.25) is 14.4 Å². The van der Waals surface area contributed by atoms with Crippen LogP contribution < -0.4 is 10.9 Å². The molecule has 0 atom stereocenters. The Balaban J connectivity index is 0.00000230. The summed E-state index contributed by atoms with van der Waals surface area (Å²) in [5.41, 5.74) is -0.844. The monoisotopic (exact) mass is 951 g/mol. The van der Waals surface area contributed by atoms with Crippen LogP contribution in [0, 0.1) is 7.43 Å². The van der Waals surface area contributed by atoms with Crippen molar-refractivity contribution in [1.29, 1.82) is 0 Å². The van der Waals surface area contributed by atoms with E-state index in [1.54, 1.807) is 9.47 Å². The molecule has 3 aromatic heterocycles. The average Bonchev–Trinajstić information content (AvgIpc) is 3.53. The number of carbonyl (C=O) groups excluding carboxylic acids is 2. The number of piperidine rings is 1. The normalized spacial score (nSPS) is 15.4. The largest absolute Gasteiger partial charge is 0.505 e. The second-order valence-corrected chi connectivity index (χ2v) is 11.6. The van der Waals surface area contributed by atoms with Crippen molar-refractivity contribution >= 4 is 50.8 Å². The van der Waals surface area contributed by atoms with E-state index < -0.39 is 29.0 Å². The maximum atomic E-state index is 13.8. The SMILES string of the molecule is O=C(Cn1c2c(c(=O)n3nc(Br)nc13)C1(CC2)CCN(C(=O)c2ncccc2O)CC1)Nc1ccc(C(F)(F)F)cc1Cl.[CH3-].[Fm]. The Labute approximate surface area is 261 Å². The van der Waals surface area contributed by atoms with Gasteiger partial charge in [-0.15, -0.1) is 5.10 Å². The number of fused-ring (bicyclic) bond motifs is 3. The number of alkyl halides is 3. The van der Waals surface area contributed by atoms with E-state index >= 15 is 0 Å². The number of anilines is 1. The third-order valence-electron chi connectivity index (χ3n) is 8.07. The zero-order chi connectivity index (χ0) is 30.7. The molecular formula is C28H25BrClF3FmN7O4-. The van der Waals surface area contributed by atoms with Crippen molar-refractivity contribution in [1.82, 2.24) is 29.0 Å². The number of nitrogens with zero attached hydrogens (tertiary/aromatic N) is 6. The number of rotatable bonds is 4. The summed E-state index contributed by atoms with van der Waals surface area (Å²) in [5.74, 6) is -1.08. The van der Waals surface area contributed by atoms with Crippen LogP contribution in [-0.2, 0) is 29.4 Å². The minimum atomic E-state index is -4.59. The number of nitrogens with one attached hydrogen (secondary N) is 1. The number of benzene rings is 1. The molecule has 1 aliphatic carbocycles. The average molecular weight is 953 g/mol. The molecule has 1 aliphatic heterocycles. The number of likely N-dealkylation sites (tertiary alicyclic amines) is 1. The fraction of sp³-hybridized carbons (Fsp3) is 0.321. The number of amides is 2. The van der Waals surface area contributed by atoms with Crippen LogP contribution in [0.15, 0.2) is 46.1 Å². The van der Waals surface area contributed by atoms with E-state index in [-0.39, 0.29) is 52.2 Å². The van der Waals surface area contributed by atoms with Crippen LogP contribution in [0.5, 0.6) is 5.75 Å². The number of aromatic nitrogens is 5. The molecule has 1 aromatic carbocycles. The summed E-state index contributed by atoms with van der Waals surface area (Å²) in [6.07, 6.45) is -1.19. The van der Waals surface area contributed by atoms with Gasteiger partial charge < -0.3 is 27.3 Å². The van der Waals surface area contributed by atoms with Crippen molar-refractivity contribution in [2.45, 2.75) is 43.8 Å². The predicted octanol–water partition coefficient (Wildman–Crippen LogP) is 4.64. The van der Waals surface area contributed by atoms with E-state index in [4.69, 9.17) is 11.6 Å². The molecule has 11 nitrogen and oxygen atoms in total. The molecule has 4 aromatic rings. The fourth-order valence-electron chi connectivity index (χ4n) is 5.99. The first kappa shape index (κ1) is 32.9. The molecule has 2 N–H and O–H groups in total. The van der Waals surface area contributed by atoms with Crippen LogP contribution in [0.1, 0.15) is 46.6 Å². The van der Waals surface area contributed by atoms with Gasteiger partial charge in [0.2, 0.25) is 16.4 Å². The van der Waals surface area contributed by atoms with Gasteiger partial charge >= 0.3 is 6.18 Å². The van der Waals surface area contributed by atoms with E-state index in [2.05, 4.69) is 36.3 Å². The molecule has 4 heterocycles. The molecule has 1 saturated heterocycles. The molecule has 17 heteroatoms. The quantitative estimate of drug-likeness (QED) is 0.285. The molecule has 244 valence electrons. The minimum absolute atomic E-state index is 0. The Kier molecular flexibility index (Phi) is 8.66. The zero-order valence-electron chi connectivity index (χ0n) is 23.4. The number of hydrogen-bond acceptors (Lipinski definition) is 7. The number of pyridine rings is 1. The minimum Gasteiger partial charge on any atom is -0.505 e. The summed E-state index contributed by atoms with van der Waals surface area (Å²) in [6.45, 7) is 0.327. The first-order valence-electron chi connectivity index (χ1n) is 13.2. The van der Waals surface area contributed by atoms with Gasteiger partial charge in [0.15, 0.2) is 5.69 Å². The Morgan fingerprint density at radius 2 is 1.87 bits per heavy atom. The van der Waals surface area contributed by atoms with Gasteiger partial charge in [0, 0.05) is 36.0 Å². The van der Waals surface area contributed by atoms with Gasteiger partial charge in [-0.1, -0.05) is 11.6 Å². The molecular weight excluding hydrogens is 928 g/mol. The van der Waals surface area contributed by atoms with Gasteiger partial charge in [0.25, 0.3) is 11.5 Å². The van der Waals surface area contributed by atoms with Crippen LogP contribution in [0.4, 0.5) is 18.9 Å². The summed E-state index contributed by atoms with van der Waals surface area (Å²) < 4.78 is 42.0. The van der Waals surface area contributed by atoms with Crippen molar-refractivity contribution < 1.29 is 27.9 Å². The third kappa shape index (κ3) is 5.68. The van der Waals surface area contributed by atoms with Gasteiger partial charge in [0.1, 0.15) is 12.3 Å². The van der Waals surface area contributed by atoms with E-state index in [0.717, 1.165) is 22.7 Å². The predicted molar refractivity (Wildman–Crippen MR) is 157 cm³/mol. The first-order chi connectivity index (χ1) is 20.4. The standard InChI is InChI=1S/C27H22BrClF3N7O4.CH3.Fm/c28-24-35-25-38(13-19(41)34-16-4-3-14(12-15(16)29)27(30,31)32)17-5-6-26(20(17)22(42)39(25)36-24)7-10-37(11-8-26)23(43)21-18(40)2-1-9-33-21;;/h1-4,9,12,40H,5-8,10-11,13H2,(H,34,41);1H3;/q;-1;. The number of halogens is 5. The Morgan fingerprint density at radius 3 is 2.51 bits per heavy atom. The molecule has 0 bridgehead atoms. The summed E-state index contributed by atoms with van der Waals surface area (Å²) in [6, 6.07) is 5.56. The van der Waals surface area contributed by atoms with E-state index in [9.17, 15) is 32.7 Å². The third-order valence-corrected chi connectivity index (χ3v) is 8.71. The van der Waals surface area contributed by atoms with Crippen molar-refractivity contribution in [2.75, 3.05) is 18.4 Å².